The molecule has 31 heavy (non-hydrogen) atoms. The van der Waals surface area contributed by atoms with Gasteiger partial charge in [0.2, 0.25) is 5.91 Å². The lowest BCUT2D eigenvalue weighted by Gasteiger charge is -2.31. The summed E-state index contributed by atoms with van der Waals surface area (Å²) < 4.78 is 19.2. The molecule has 1 aliphatic rings. The van der Waals surface area contributed by atoms with E-state index in [2.05, 4.69) is 5.32 Å². The van der Waals surface area contributed by atoms with Crippen LogP contribution in [0.1, 0.15) is 44.6 Å². The van der Waals surface area contributed by atoms with Gasteiger partial charge in [0.05, 0.1) is 0 Å². The summed E-state index contributed by atoms with van der Waals surface area (Å²) in [5.41, 5.74) is 0.795. The molecule has 7 heteroatoms. The molecule has 166 valence electrons. The number of hydrogen-bond acceptors (Lipinski definition) is 3. The zero-order chi connectivity index (χ0) is 22.2. The first-order chi connectivity index (χ1) is 14.9. The summed E-state index contributed by atoms with van der Waals surface area (Å²) in [5.74, 6) is -1.15. The second-order valence-electron chi connectivity index (χ2n) is 7.89. The lowest BCUT2D eigenvalue weighted by atomic mass is 9.95. The van der Waals surface area contributed by atoms with Crippen LogP contribution >= 0.6 is 11.6 Å². The lowest BCUT2D eigenvalue weighted by molar-refractivity contribution is -0.142. The molecule has 1 aliphatic carbocycles. The molecule has 0 heterocycles. The lowest BCUT2D eigenvalue weighted by Crippen LogP contribution is -2.51. The van der Waals surface area contributed by atoms with Crippen molar-refractivity contribution in [3.05, 3.63) is 64.9 Å². The number of nitrogens with one attached hydrogen (secondary N) is 1. The van der Waals surface area contributed by atoms with Crippen molar-refractivity contribution in [2.45, 2.75) is 57.7 Å². The van der Waals surface area contributed by atoms with Crippen molar-refractivity contribution in [1.29, 1.82) is 0 Å². The number of hydrogen-bond donors (Lipinski definition) is 1. The van der Waals surface area contributed by atoms with Crippen LogP contribution in [0.4, 0.5) is 4.39 Å². The summed E-state index contributed by atoms with van der Waals surface area (Å²) in [5, 5.41) is 3.62. The van der Waals surface area contributed by atoms with Gasteiger partial charge in [-0.1, -0.05) is 55.1 Å². The smallest absolute Gasteiger partial charge is 0.261 e. The minimum atomic E-state index is -0.711. The molecular weight excluding hydrogens is 419 g/mol. The third-order valence-electron chi connectivity index (χ3n) is 5.55. The Bertz CT molecular complexity index is 902. The Hall–Kier alpha value is -2.60. The summed E-state index contributed by atoms with van der Waals surface area (Å²) >= 11 is 6.09. The summed E-state index contributed by atoms with van der Waals surface area (Å²) in [6.07, 6.45) is 5.30. The van der Waals surface area contributed by atoms with Gasteiger partial charge in [0.25, 0.3) is 5.91 Å². The Labute approximate surface area is 187 Å². The predicted octanol–water partition coefficient (Wildman–Crippen LogP) is 4.72. The van der Waals surface area contributed by atoms with Crippen molar-refractivity contribution in [2.75, 3.05) is 6.61 Å². The average Bonchev–Trinajstić information content (AvgIpc) is 2.77. The van der Waals surface area contributed by atoms with Crippen molar-refractivity contribution in [3.63, 3.8) is 0 Å². The number of amides is 2. The first kappa shape index (κ1) is 23.1. The highest BCUT2D eigenvalue weighted by atomic mass is 35.5. The monoisotopic (exact) mass is 446 g/mol. The first-order valence-electron chi connectivity index (χ1n) is 10.7. The number of carbonyl (C=O) groups excluding carboxylic acids is 2. The van der Waals surface area contributed by atoms with Crippen LogP contribution in [0.25, 0.3) is 0 Å². The molecule has 3 rings (SSSR count). The van der Waals surface area contributed by atoms with Crippen LogP contribution < -0.4 is 10.1 Å². The Morgan fingerprint density at radius 2 is 1.90 bits per heavy atom. The Kier molecular flexibility index (Phi) is 8.29. The van der Waals surface area contributed by atoms with Gasteiger partial charge in [-0.15, -0.1) is 0 Å². The molecule has 0 unspecified atom stereocenters. The van der Waals surface area contributed by atoms with Crippen LogP contribution in [0.5, 0.6) is 5.75 Å². The predicted molar refractivity (Wildman–Crippen MR) is 118 cm³/mol. The maximum absolute atomic E-state index is 13.9. The van der Waals surface area contributed by atoms with Gasteiger partial charge >= 0.3 is 0 Å². The molecule has 1 fully saturated rings. The van der Waals surface area contributed by atoms with Gasteiger partial charge < -0.3 is 15.0 Å². The quantitative estimate of drug-likeness (QED) is 0.638. The molecule has 0 aromatic heterocycles. The second-order valence-corrected chi connectivity index (χ2v) is 8.33. The maximum Gasteiger partial charge on any atom is 0.261 e. The SMILES string of the molecule is C[C@H](C(=O)NC1CCCCC1)N(Cc1cccc(Cl)c1)C(=O)COc1ccccc1F. The number of nitrogens with zero attached hydrogens (tertiary/aromatic N) is 1. The van der Waals surface area contributed by atoms with Crippen LogP contribution in [0.2, 0.25) is 5.02 Å². The summed E-state index contributed by atoms with van der Waals surface area (Å²) in [6, 6.07) is 12.5. The van der Waals surface area contributed by atoms with Gasteiger partial charge in [-0.2, -0.15) is 0 Å². The molecule has 5 nitrogen and oxygen atoms in total. The molecule has 0 spiro atoms. The van der Waals surface area contributed by atoms with Gasteiger partial charge in [-0.25, -0.2) is 4.39 Å². The molecule has 0 bridgehead atoms. The minimum Gasteiger partial charge on any atom is -0.481 e. The number of carbonyl (C=O) groups is 2. The second kappa shape index (κ2) is 11.1. The van der Waals surface area contributed by atoms with Crippen LogP contribution in [-0.4, -0.2) is 35.4 Å². The third-order valence-corrected chi connectivity index (χ3v) is 5.78. The summed E-state index contributed by atoms with van der Waals surface area (Å²) in [7, 11) is 0. The number of rotatable bonds is 8. The Morgan fingerprint density at radius 3 is 2.61 bits per heavy atom. The summed E-state index contributed by atoms with van der Waals surface area (Å²) in [6.45, 7) is 1.52. The van der Waals surface area contributed by atoms with Crippen LogP contribution in [-0.2, 0) is 16.1 Å². The number of halogens is 2. The van der Waals surface area contributed by atoms with Crippen molar-refractivity contribution >= 4 is 23.4 Å². The number of benzene rings is 2. The van der Waals surface area contributed by atoms with Gasteiger partial charge in [-0.05, 0) is 49.6 Å². The van der Waals surface area contributed by atoms with Gasteiger partial charge in [0.1, 0.15) is 6.04 Å². The molecule has 0 radical (unpaired) electrons. The van der Waals surface area contributed by atoms with Crippen molar-refractivity contribution in [3.8, 4) is 5.75 Å². The van der Waals surface area contributed by atoms with E-state index in [9.17, 15) is 14.0 Å². The van der Waals surface area contributed by atoms with E-state index in [-0.39, 0.29) is 30.9 Å². The topological polar surface area (TPSA) is 58.6 Å². The molecular formula is C24H28ClFN2O3. The van der Waals surface area contributed by atoms with E-state index < -0.39 is 17.8 Å². The van der Waals surface area contributed by atoms with Gasteiger partial charge in [0, 0.05) is 17.6 Å². The van der Waals surface area contributed by atoms with Crippen LogP contribution in [0, 0.1) is 5.82 Å². The standard InChI is InChI=1S/C24H28ClFN2O3/c1-17(24(30)27-20-10-3-2-4-11-20)28(15-18-8-7-9-19(25)14-18)23(29)16-31-22-13-6-5-12-21(22)26/h5-9,12-14,17,20H,2-4,10-11,15-16H2,1H3,(H,27,30)/t17-/m1/s1. The zero-order valence-corrected chi connectivity index (χ0v) is 18.4. The minimum absolute atomic E-state index is 0.00198. The fourth-order valence-electron chi connectivity index (χ4n) is 3.77. The number of ether oxygens (including phenoxy) is 1. The first-order valence-corrected chi connectivity index (χ1v) is 11.0. The summed E-state index contributed by atoms with van der Waals surface area (Å²) in [4.78, 5) is 27.4. The fourth-order valence-corrected chi connectivity index (χ4v) is 3.98. The van der Waals surface area contributed by atoms with E-state index in [0.717, 1.165) is 31.2 Å². The molecule has 1 atom stereocenters. The Balaban J connectivity index is 1.71. The fraction of sp³-hybridized carbons (Fsp3) is 0.417. The third kappa shape index (κ3) is 6.69. The van der Waals surface area contributed by atoms with Gasteiger partial charge in [0.15, 0.2) is 18.2 Å². The molecule has 2 amide bonds. The number of para-hydroxylation sites is 1. The molecule has 2 aromatic rings. The van der Waals surface area contributed by atoms with Gasteiger partial charge in [-0.3, -0.25) is 9.59 Å². The molecule has 1 N–H and O–H groups in total. The highest BCUT2D eigenvalue weighted by molar-refractivity contribution is 6.30. The van der Waals surface area contributed by atoms with Crippen LogP contribution in [0.3, 0.4) is 0 Å². The Morgan fingerprint density at radius 1 is 1.16 bits per heavy atom. The largest absolute Gasteiger partial charge is 0.481 e. The van der Waals surface area contributed by atoms with Crippen molar-refractivity contribution in [1.82, 2.24) is 10.2 Å². The van der Waals surface area contributed by atoms with E-state index in [4.69, 9.17) is 16.3 Å². The van der Waals surface area contributed by atoms with Crippen LogP contribution in [0.15, 0.2) is 48.5 Å². The highest BCUT2D eigenvalue weighted by Gasteiger charge is 2.28. The zero-order valence-electron chi connectivity index (χ0n) is 17.7. The van der Waals surface area contributed by atoms with Crippen molar-refractivity contribution < 1.29 is 18.7 Å². The van der Waals surface area contributed by atoms with E-state index in [1.54, 1.807) is 37.3 Å². The van der Waals surface area contributed by atoms with Crippen molar-refractivity contribution in [2.24, 2.45) is 0 Å². The average molecular weight is 447 g/mol. The molecule has 0 saturated heterocycles. The highest BCUT2D eigenvalue weighted by Crippen LogP contribution is 2.20. The van der Waals surface area contributed by atoms with E-state index >= 15 is 0 Å². The van der Waals surface area contributed by atoms with E-state index in [0.29, 0.717) is 5.02 Å². The molecule has 1 saturated carbocycles. The molecule has 0 aliphatic heterocycles. The van der Waals surface area contributed by atoms with E-state index in [1.165, 1.54) is 23.5 Å². The van der Waals surface area contributed by atoms with E-state index in [1.807, 2.05) is 6.07 Å². The maximum atomic E-state index is 13.9. The normalized spacial score (nSPS) is 15.2. The molecule has 2 aromatic carbocycles.